The van der Waals surface area contributed by atoms with E-state index in [0.717, 1.165) is 0 Å². The minimum absolute atomic E-state index is 0.0129. The Kier molecular flexibility index (Phi) is 2.11. The summed E-state index contributed by atoms with van der Waals surface area (Å²) < 4.78 is 0. The molecule has 0 atom stereocenters. The maximum Gasteiger partial charge on any atom is 0.263 e. The highest BCUT2D eigenvalue weighted by Crippen LogP contribution is 2.25. The van der Waals surface area contributed by atoms with Gasteiger partial charge in [-0.05, 0) is 23.2 Å². The monoisotopic (exact) mass is 186 g/mol. The Labute approximate surface area is 66.5 Å². The van der Waals surface area contributed by atoms with Crippen molar-refractivity contribution in [1.29, 1.82) is 0 Å². The van der Waals surface area contributed by atoms with Crippen LogP contribution in [-0.4, -0.2) is 0 Å². The summed E-state index contributed by atoms with van der Waals surface area (Å²) >= 11 is 16.1. The van der Waals surface area contributed by atoms with Crippen molar-refractivity contribution in [2.24, 2.45) is 0 Å². The van der Waals surface area contributed by atoms with Gasteiger partial charge in [-0.3, -0.25) is 9.78 Å². The molecule has 0 saturated carbocycles. The van der Waals surface area contributed by atoms with E-state index >= 15 is 0 Å². The fourth-order valence-electron chi connectivity index (χ4n) is 0.297. The normalized spacial score (nSPS) is 18.3. The van der Waals surface area contributed by atoms with Crippen molar-refractivity contribution in [2.75, 3.05) is 0 Å². The van der Waals surface area contributed by atoms with E-state index in [0.29, 0.717) is 0 Å². The van der Waals surface area contributed by atoms with E-state index in [2.05, 4.69) is 9.78 Å². The molecule has 0 radical (unpaired) electrons. The summed E-state index contributed by atoms with van der Waals surface area (Å²) in [5, 5.41) is 0.276. The molecule has 5 heteroatoms. The summed E-state index contributed by atoms with van der Waals surface area (Å²) in [5.41, 5.74) is 0. The summed E-state index contributed by atoms with van der Waals surface area (Å²) in [6.07, 6.45) is 1.34. The molecule has 1 rings (SSSR count). The van der Waals surface area contributed by atoms with Crippen molar-refractivity contribution in [1.82, 2.24) is 0 Å². The van der Waals surface area contributed by atoms with Crippen molar-refractivity contribution in [2.45, 2.75) is 0 Å². The van der Waals surface area contributed by atoms with Crippen LogP contribution in [0.25, 0.3) is 0 Å². The molecule has 1 aliphatic rings. The minimum Gasteiger partial charge on any atom is -0.276 e. The molecule has 2 nitrogen and oxygen atoms in total. The molecule has 0 spiro atoms. The number of allylic oxidation sites excluding steroid dienone is 2. The molecule has 0 N–H and O–H groups in total. The zero-order valence-corrected chi connectivity index (χ0v) is 6.30. The summed E-state index contributed by atoms with van der Waals surface area (Å²) in [6.45, 7) is 0. The molecule has 0 unspecified atom stereocenters. The third-order valence-electron chi connectivity index (χ3n) is 0.622. The van der Waals surface area contributed by atoms with Gasteiger partial charge in [0.15, 0.2) is 0 Å². The first kappa shape index (κ1) is 7.06. The molecule has 0 bridgehead atoms. The molecule has 1 heterocycles. The Morgan fingerprint density at radius 3 is 2.22 bits per heavy atom. The third-order valence-corrected chi connectivity index (χ3v) is 1.44. The molecule has 0 aliphatic carbocycles. The fourth-order valence-corrected chi connectivity index (χ4v) is 0.710. The van der Waals surface area contributed by atoms with E-state index < -0.39 is 0 Å². The Bertz CT molecular complexity index is 184. The van der Waals surface area contributed by atoms with Crippen LogP contribution in [0.15, 0.2) is 21.5 Å². The Balaban J connectivity index is 2.83. The molecular weight excluding hydrogens is 186 g/mol. The summed E-state index contributed by atoms with van der Waals surface area (Å²) in [6, 6.07) is 0. The van der Waals surface area contributed by atoms with E-state index in [4.69, 9.17) is 34.8 Å². The summed E-state index contributed by atoms with van der Waals surface area (Å²) in [5.74, 6) is 0. The van der Waals surface area contributed by atoms with Gasteiger partial charge in [0.1, 0.15) is 5.03 Å². The van der Waals surface area contributed by atoms with Crippen LogP contribution in [0, 0.1) is 0 Å². The first-order chi connectivity index (χ1) is 4.20. The van der Waals surface area contributed by atoms with Crippen LogP contribution in [0.1, 0.15) is 0 Å². The Morgan fingerprint density at radius 1 is 1.11 bits per heavy atom. The van der Waals surface area contributed by atoms with Crippen LogP contribution in [0.5, 0.6) is 0 Å². The van der Waals surface area contributed by atoms with Gasteiger partial charge in [-0.1, -0.05) is 11.6 Å². The second kappa shape index (κ2) is 2.69. The highest BCUT2D eigenvalue weighted by Gasteiger charge is 2.10. The number of hydrogen-bond donors (Lipinski definition) is 0. The van der Waals surface area contributed by atoms with Crippen LogP contribution >= 0.6 is 34.8 Å². The SMILES string of the molecule is ClC1=CC(Cl)=C(Cl)OO1. The molecule has 9 heavy (non-hydrogen) atoms. The van der Waals surface area contributed by atoms with Crippen LogP contribution in [0.3, 0.4) is 0 Å². The smallest absolute Gasteiger partial charge is 0.263 e. The Morgan fingerprint density at radius 2 is 1.78 bits per heavy atom. The molecule has 0 aromatic rings. The maximum atomic E-state index is 5.44. The lowest BCUT2D eigenvalue weighted by molar-refractivity contribution is -0.211. The lowest BCUT2D eigenvalue weighted by Gasteiger charge is -2.07. The lowest BCUT2D eigenvalue weighted by atomic mass is 10.6. The summed E-state index contributed by atoms with van der Waals surface area (Å²) in [4.78, 5) is 8.63. The van der Waals surface area contributed by atoms with Gasteiger partial charge in [-0.25, -0.2) is 0 Å². The van der Waals surface area contributed by atoms with Crippen molar-refractivity contribution in [3.63, 3.8) is 0 Å². The van der Waals surface area contributed by atoms with Gasteiger partial charge in [0.25, 0.3) is 5.22 Å². The van der Waals surface area contributed by atoms with Crippen LogP contribution in [0.4, 0.5) is 0 Å². The van der Waals surface area contributed by atoms with E-state index in [9.17, 15) is 0 Å². The molecule has 0 saturated heterocycles. The molecular formula is C4HCl3O2. The molecule has 50 valence electrons. The van der Waals surface area contributed by atoms with Gasteiger partial charge in [-0.15, -0.1) is 0 Å². The first-order valence-corrected chi connectivity index (χ1v) is 3.10. The summed E-state index contributed by atoms with van der Waals surface area (Å²) in [7, 11) is 0. The second-order valence-electron chi connectivity index (χ2n) is 1.24. The quantitative estimate of drug-likeness (QED) is 0.543. The number of hydrogen-bond acceptors (Lipinski definition) is 2. The van der Waals surface area contributed by atoms with Gasteiger partial charge < -0.3 is 0 Å². The average molecular weight is 187 g/mol. The van der Waals surface area contributed by atoms with Gasteiger partial charge in [0.2, 0.25) is 5.22 Å². The predicted octanol–water partition coefficient (Wildman–Crippen LogP) is 2.68. The van der Waals surface area contributed by atoms with Gasteiger partial charge in [-0.2, -0.15) is 0 Å². The van der Waals surface area contributed by atoms with Gasteiger partial charge >= 0.3 is 0 Å². The third kappa shape index (κ3) is 1.68. The van der Waals surface area contributed by atoms with Crippen molar-refractivity contribution < 1.29 is 9.78 Å². The van der Waals surface area contributed by atoms with Gasteiger partial charge in [0.05, 0.1) is 0 Å². The maximum absolute atomic E-state index is 5.44. The largest absolute Gasteiger partial charge is 0.276 e. The Hall–Kier alpha value is -0.0500. The van der Waals surface area contributed by atoms with E-state index in [1.807, 2.05) is 0 Å². The van der Waals surface area contributed by atoms with E-state index in [-0.39, 0.29) is 15.5 Å². The molecule has 1 aliphatic heterocycles. The topological polar surface area (TPSA) is 18.5 Å². The van der Waals surface area contributed by atoms with Crippen molar-refractivity contribution in [3.05, 3.63) is 21.5 Å². The van der Waals surface area contributed by atoms with Crippen LogP contribution in [0.2, 0.25) is 0 Å². The predicted molar refractivity (Wildman–Crippen MR) is 34.8 cm³/mol. The number of rotatable bonds is 0. The van der Waals surface area contributed by atoms with E-state index in [1.165, 1.54) is 6.08 Å². The average Bonchev–Trinajstić information content (AvgIpc) is 1.80. The zero-order valence-electron chi connectivity index (χ0n) is 4.03. The van der Waals surface area contributed by atoms with Crippen LogP contribution in [-0.2, 0) is 9.78 Å². The number of halogens is 3. The minimum atomic E-state index is -0.0129. The first-order valence-electron chi connectivity index (χ1n) is 1.97. The second-order valence-corrected chi connectivity index (χ2v) is 2.36. The van der Waals surface area contributed by atoms with Crippen molar-refractivity contribution >= 4 is 34.8 Å². The van der Waals surface area contributed by atoms with Crippen LogP contribution < -0.4 is 0 Å². The van der Waals surface area contributed by atoms with Crippen molar-refractivity contribution in [3.8, 4) is 0 Å². The standard InChI is InChI=1S/C4HCl3O2/c5-2-1-3(6)8-9-4(2)7/h1H. The molecule has 0 fully saturated rings. The molecule has 0 aromatic carbocycles. The van der Waals surface area contributed by atoms with E-state index in [1.54, 1.807) is 0 Å². The fraction of sp³-hybridized carbons (Fsp3) is 0. The zero-order chi connectivity index (χ0) is 6.85. The van der Waals surface area contributed by atoms with Gasteiger partial charge in [0, 0.05) is 6.08 Å². The lowest BCUT2D eigenvalue weighted by Crippen LogP contribution is -1.94. The molecule has 0 aromatic heterocycles. The highest BCUT2D eigenvalue weighted by atomic mass is 35.5. The molecule has 0 amide bonds. The highest BCUT2D eigenvalue weighted by molar-refractivity contribution is 6.40.